The summed E-state index contributed by atoms with van der Waals surface area (Å²) in [7, 11) is 0. The molecule has 1 aromatic heterocycles. The van der Waals surface area contributed by atoms with Crippen LogP contribution in [0.3, 0.4) is 0 Å². The zero-order valence-corrected chi connectivity index (χ0v) is 16.8. The van der Waals surface area contributed by atoms with Gasteiger partial charge in [-0.25, -0.2) is 0 Å². The molecule has 5 nitrogen and oxygen atoms in total. The molecule has 1 aliphatic rings. The first kappa shape index (κ1) is 19.2. The van der Waals surface area contributed by atoms with Crippen LogP contribution in [-0.2, 0) is 0 Å². The van der Waals surface area contributed by atoms with E-state index in [2.05, 4.69) is 32.2 Å². The van der Waals surface area contributed by atoms with Crippen LogP contribution in [0, 0.1) is 16.7 Å². The van der Waals surface area contributed by atoms with Crippen molar-refractivity contribution in [3.8, 4) is 17.3 Å². The molecule has 0 unspecified atom stereocenters. The third-order valence-electron chi connectivity index (χ3n) is 4.70. The molecule has 0 radical (unpaired) electrons. The van der Waals surface area contributed by atoms with Crippen molar-refractivity contribution in [3.63, 3.8) is 0 Å². The standard InChI is InChI=1S/C22H28N4O/c1-14(2)26-20(21(27)24-13-22(3,4)5)18(16-10-11-16)19(25-26)17-8-6-15(12-23)7-9-17/h6-9,14,16H,10-11,13H2,1-5H3,(H,24,27). The Bertz CT molecular complexity index is 875. The molecule has 0 atom stereocenters. The fraction of sp³-hybridized carbons (Fsp3) is 0.500. The van der Waals surface area contributed by atoms with Gasteiger partial charge in [-0.3, -0.25) is 9.48 Å². The second kappa shape index (κ2) is 7.19. The lowest BCUT2D eigenvalue weighted by molar-refractivity contribution is 0.0925. The first-order valence-corrected chi connectivity index (χ1v) is 9.62. The summed E-state index contributed by atoms with van der Waals surface area (Å²) in [5.41, 5.74) is 4.22. The molecule has 1 aliphatic carbocycles. The average molecular weight is 364 g/mol. The van der Waals surface area contributed by atoms with E-state index in [0.29, 0.717) is 23.7 Å². The second-order valence-electron chi connectivity index (χ2n) is 8.86. The number of rotatable bonds is 5. The van der Waals surface area contributed by atoms with E-state index < -0.39 is 0 Å². The molecule has 1 aromatic carbocycles. The van der Waals surface area contributed by atoms with E-state index in [1.807, 2.05) is 30.7 Å². The average Bonchev–Trinajstić information content (AvgIpc) is 3.38. The number of benzene rings is 1. The normalized spacial score (nSPS) is 14.3. The molecule has 5 heteroatoms. The zero-order chi connectivity index (χ0) is 19.8. The molecule has 0 saturated heterocycles. The van der Waals surface area contributed by atoms with Crippen molar-refractivity contribution in [2.75, 3.05) is 6.54 Å². The summed E-state index contributed by atoms with van der Waals surface area (Å²) in [5, 5.41) is 17.0. The molecule has 0 aliphatic heterocycles. The van der Waals surface area contributed by atoms with Gasteiger partial charge in [0.1, 0.15) is 5.69 Å². The van der Waals surface area contributed by atoms with Gasteiger partial charge in [-0.1, -0.05) is 32.9 Å². The van der Waals surface area contributed by atoms with Gasteiger partial charge in [-0.15, -0.1) is 0 Å². The lowest BCUT2D eigenvalue weighted by atomic mass is 9.96. The van der Waals surface area contributed by atoms with Gasteiger partial charge in [0.15, 0.2) is 0 Å². The molecule has 142 valence electrons. The van der Waals surface area contributed by atoms with E-state index >= 15 is 0 Å². The van der Waals surface area contributed by atoms with Crippen molar-refractivity contribution in [1.29, 1.82) is 5.26 Å². The van der Waals surface area contributed by atoms with Gasteiger partial charge in [0, 0.05) is 23.7 Å². The van der Waals surface area contributed by atoms with E-state index in [0.717, 1.165) is 29.7 Å². The van der Waals surface area contributed by atoms with Crippen molar-refractivity contribution in [2.24, 2.45) is 5.41 Å². The third-order valence-corrected chi connectivity index (χ3v) is 4.70. The number of carbonyl (C=O) groups excluding carboxylic acids is 1. The monoisotopic (exact) mass is 364 g/mol. The summed E-state index contributed by atoms with van der Waals surface area (Å²) in [6, 6.07) is 9.70. The largest absolute Gasteiger partial charge is 0.350 e. The lowest BCUT2D eigenvalue weighted by Gasteiger charge is -2.20. The Morgan fingerprint density at radius 2 is 1.93 bits per heavy atom. The Morgan fingerprint density at radius 1 is 1.30 bits per heavy atom. The summed E-state index contributed by atoms with van der Waals surface area (Å²) < 4.78 is 1.86. The minimum absolute atomic E-state index is 0.0219. The fourth-order valence-electron chi connectivity index (χ4n) is 3.15. The van der Waals surface area contributed by atoms with Gasteiger partial charge < -0.3 is 5.32 Å². The van der Waals surface area contributed by atoms with Crippen molar-refractivity contribution < 1.29 is 4.79 Å². The van der Waals surface area contributed by atoms with Crippen LogP contribution in [0.2, 0.25) is 0 Å². The number of nitrogens with one attached hydrogen (secondary N) is 1. The number of aromatic nitrogens is 2. The lowest BCUT2D eigenvalue weighted by Crippen LogP contribution is -2.34. The highest BCUT2D eigenvalue weighted by atomic mass is 16.2. The van der Waals surface area contributed by atoms with Gasteiger partial charge in [-0.2, -0.15) is 10.4 Å². The van der Waals surface area contributed by atoms with Gasteiger partial charge in [0.25, 0.3) is 5.91 Å². The van der Waals surface area contributed by atoms with E-state index in [9.17, 15) is 4.79 Å². The summed E-state index contributed by atoms with van der Waals surface area (Å²) in [4.78, 5) is 13.1. The van der Waals surface area contributed by atoms with E-state index in [1.165, 1.54) is 0 Å². The number of nitriles is 1. The minimum Gasteiger partial charge on any atom is -0.350 e. The molecule has 1 heterocycles. The van der Waals surface area contributed by atoms with Crippen LogP contribution in [-0.4, -0.2) is 22.2 Å². The maximum absolute atomic E-state index is 13.1. The first-order valence-electron chi connectivity index (χ1n) is 9.62. The predicted octanol–water partition coefficient (Wildman–Crippen LogP) is 4.66. The van der Waals surface area contributed by atoms with Gasteiger partial charge in [0.2, 0.25) is 0 Å². The molecule has 27 heavy (non-hydrogen) atoms. The third kappa shape index (κ3) is 4.21. The number of nitrogens with zero attached hydrogens (tertiary/aromatic N) is 3. The Labute approximate surface area is 161 Å². The summed E-state index contributed by atoms with van der Waals surface area (Å²) in [5.74, 6) is 0.339. The van der Waals surface area contributed by atoms with E-state index in [4.69, 9.17) is 10.4 Å². The highest BCUT2D eigenvalue weighted by Gasteiger charge is 2.36. The summed E-state index contributed by atoms with van der Waals surface area (Å²) >= 11 is 0. The zero-order valence-electron chi connectivity index (χ0n) is 16.8. The molecule has 0 spiro atoms. The van der Waals surface area contributed by atoms with Crippen LogP contribution in [0.25, 0.3) is 11.3 Å². The van der Waals surface area contributed by atoms with Gasteiger partial charge in [0.05, 0.1) is 17.3 Å². The molecule has 1 N–H and O–H groups in total. The summed E-state index contributed by atoms with van der Waals surface area (Å²) in [6.07, 6.45) is 2.18. The fourth-order valence-corrected chi connectivity index (χ4v) is 3.15. The Kier molecular flexibility index (Phi) is 5.10. The smallest absolute Gasteiger partial charge is 0.269 e. The van der Waals surface area contributed by atoms with Crippen molar-refractivity contribution >= 4 is 5.91 Å². The first-order chi connectivity index (χ1) is 12.7. The molecule has 3 rings (SSSR count). The highest BCUT2D eigenvalue weighted by molar-refractivity contribution is 5.96. The van der Waals surface area contributed by atoms with Gasteiger partial charge >= 0.3 is 0 Å². The van der Waals surface area contributed by atoms with Crippen molar-refractivity contribution in [3.05, 3.63) is 41.1 Å². The number of amides is 1. The van der Waals surface area contributed by atoms with E-state index in [1.54, 1.807) is 12.1 Å². The van der Waals surface area contributed by atoms with Crippen LogP contribution < -0.4 is 5.32 Å². The Hall–Kier alpha value is -2.61. The number of hydrogen-bond acceptors (Lipinski definition) is 3. The minimum atomic E-state index is -0.0482. The quantitative estimate of drug-likeness (QED) is 0.839. The SMILES string of the molecule is CC(C)n1nc(-c2ccc(C#N)cc2)c(C2CC2)c1C(=O)NCC(C)(C)C. The molecular formula is C22H28N4O. The molecular weight excluding hydrogens is 336 g/mol. The molecule has 1 amide bonds. The van der Waals surface area contributed by atoms with Crippen LogP contribution in [0.15, 0.2) is 24.3 Å². The van der Waals surface area contributed by atoms with Crippen LogP contribution >= 0.6 is 0 Å². The number of carbonyl (C=O) groups is 1. The molecule has 1 saturated carbocycles. The van der Waals surface area contributed by atoms with Gasteiger partial charge in [-0.05, 0) is 50.2 Å². The van der Waals surface area contributed by atoms with Crippen LogP contribution in [0.5, 0.6) is 0 Å². The highest BCUT2D eigenvalue weighted by Crippen LogP contribution is 2.46. The van der Waals surface area contributed by atoms with Crippen LogP contribution in [0.4, 0.5) is 0 Å². The molecule has 2 aromatic rings. The second-order valence-corrected chi connectivity index (χ2v) is 8.86. The topological polar surface area (TPSA) is 70.7 Å². The van der Waals surface area contributed by atoms with Crippen molar-refractivity contribution in [1.82, 2.24) is 15.1 Å². The van der Waals surface area contributed by atoms with Crippen LogP contribution in [0.1, 0.15) is 81.0 Å². The Balaban J connectivity index is 2.07. The Morgan fingerprint density at radius 3 is 2.41 bits per heavy atom. The maximum Gasteiger partial charge on any atom is 0.269 e. The summed E-state index contributed by atoms with van der Waals surface area (Å²) in [6.45, 7) is 11.0. The number of hydrogen-bond donors (Lipinski definition) is 1. The molecule has 0 bridgehead atoms. The van der Waals surface area contributed by atoms with E-state index in [-0.39, 0.29) is 17.4 Å². The maximum atomic E-state index is 13.1. The molecule has 1 fully saturated rings. The predicted molar refractivity (Wildman–Crippen MR) is 107 cm³/mol. The van der Waals surface area contributed by atoms with Crippen molar-refractivity contribution in [2.45, 2.75) is 59.4 Å².